The normalized spacial score (nSPS) is 11.4. The van der Waals surface area contributed by atoms with Gasteiger partial charge in [0.25, 0.3) is 11.8 Å². The molecule has 1 heterocycles. The highest BCUT2D eigenvalue weighted by Crippen LogP contribution is 2.21. The highest BCUT2D eigenvalue weighted by atomic mass is 19.1. The first kappa shape index (κ1) is 20.9. The van der Waals surface area contributed by atoms with Gasteiger partial charge in [-0.1, -0.05) is 42.5 Å². The van der Waals surface area contributed by atoms with Gasteiger partial charge >= 0.3 is 0 Å². The molecule has 0 spiro atoms. The molecule has 0 aliphatic heterocycles. The quantitative estimate of drug-likeness (QED) is 0.457. The van der Waals surface area contributed by atoms with Gasteiger partial charge in [-0.3, -0.25) is 14.6 Å². The molecule has 0 saturated carbocycles. The number of rotatable bonds is 6. The number of carbonyl (C=O) groups is 2. The molecule has 2 amide bonds. The van der Waals surface area contributed by atoms with Crippen LogP contribution in [0.5, 0.6) is 0 Å². The summed E-state index contributed by atoms with van der Waals surface area (Å²) in [5, 5.41) is 5.76. The van der Waals surface area contributed by atoms with Crippen LogP contribution in [0.1, 0.15) is 38.0 Å². The summed E-state index contributed by atoms with van der Waals surface area (Å²) < 4.78 is 13.1. The molecule has 0 aliphatic rings. The first-order valence-electron chi connectivity index (χ1n) is 10.0. The molecule has 6 heteroatoms. The smallest absolute Gasteiger partial charge is 0.255 e. The molecule has 158 valence electrons. The maximum absolute atomic E-state index is 13.1. The number of nitrogens with zero attached hydrogens (tertiary/aromatic N) is 1. The van der Waals surface area contributed by atoms with E-state index < -0.39 is 17.8 Å². The summed E-state index contributed by atoms with van der Waals surface area (Å²) in [5.41, 5.74) is 2.79. The summed E-state index contributed by atoms with van der Waals surface area (Å²) >= 11 is 0. The number of benzene rings is 3. The fourth-order valence-electron chi connectivity index (χ4n) is 3.28. The molecule has 1 unspecified atom stereocenters. The summed E-state index contributed by atoms with van der Waals surface area (Å²) in [6, 6.07) is 26.6. The second-order valence-electron chi connectivity index (χ2n) is 7.11. The highest BCUT2D eigenvalue weighted by Gasteiger charge is 2.19. The minimum absolute atomic E-state index is 0.303. The van der Waals surface area contributed by atoms with E-state index in [1.54, 1.807) is 30.5 Å². The average Bonchev–Trinajstić information content (AvgIpc) is 2.84. The summed E-state index contributed by atoms with van der Waals surface area (Å²) in [4.78, 5) is 29.9. The van der Waals surface area contributed by atoms with Crippen LogP contribution >= 0.6 is 0 Å². The third-order valence-corrected chi connectivity index (χ3v) is 4.88. The Labute approximate surface area is 185 Å². The average molecular weight is 425 g/mol. The zero-order chi connectivity index (χ0) is 22.3. The number of carbonyl (C=O) groups excluding carboxylic acids is 2. The number of aromatic nitrogens is 1. The van der Waals surface area contributed by atoms with Crippen molar-refractivity contribution in [3.8, 4) is 0 Å². The molecule has 4 aromatic rings. The topological polar surface area (TPSA) is 71.1 Å². The van der Waals surface area contributed by atoms with Crippen LogP contribution in [-0.4, -0.2) is 16.8 Å². The number of hydrogen-bond acceptors (Lipinski definition) is 3. The van der Waals surface area contributed by atoms with Gasteiger partial charge in [0, 0.05) is 23.0 Å². The third-order valence-electron chi connectivity index (χ3n) is 4.88. The van der Waals surface area contributed by atoms with E-state index in [2.05, 4.69) is 15.6 Å². The van der Waals surface area contributed by atoms with Crippen LogP contribution in [0.3, 0.4) is 0 Å². The van der Waals surface area contributed by atoms with Crippen LogP contribution in [0, 0.1) is 5.82 Å². The third kappa shape index (κ3) is 5.05. The van der Waals surface area contributed by atoms with E-state index in [0.29, 0.717) is 22.5 Å². The summed E-state index contributed by atoms with van der Waals surface area (Å²) in [7, 11) is 0. The zero-order valence-electron chi connectivity index (χ0n) is 17.0. The maximum Gasteiger partial charge on any atom is 0.255 e. The van der Waals surface area contributed by atoms with Gasteiger partial charge in [-0.25, -0.2) is 4.39 Å². The van der Waals surface area contributed by atoms with Crippen molar-refractivity contribution in [1.82, 2.24) is 10.3 Å². The summed E-state index contributed by atoms with van der Waals surface area (Å²) in [6.45, 7) is 0. The molecule has 0 fully saturated rings. The molecule has 0 aliphatic carbocycles. The van der Waals surface area contributed by atoms with E-state index in [1.165, 1.54) is 24.3 Å². The van der Waals surface area contributed by atoms with Crippen LogP contribution in [0.2, 0.25) is 0 Å². The number of hydrogen-bond donors (Lipinski definition) is 2. The molecule has 1 atom stereocenters. The van der Waals surface area contributed by atoms with Gasteiger partial charge in [-0.05, 0) is 60.2 Å². The minimum Gasteiger partial charge on any atom is -0.340 e. The molecule has 0 saturated heterocycles. The lowest BCUT2D eigenvalue weighted by Crippen LogP contribution is -2.30. The Bertz CT molecular complexity index is 1170. The Morgan fingerprint density at radius 1 is 0.750 bits per heavy atom. The number of halogens is 1. The molecule has 2 N–H and O–H groups in total. The predicted molar refractivity (Wildman–Crippen MR) is 121 cm³/mol. The van der Waals surface area contributed by atoms with Crippen LogP contribution in [0.4, 0.5) is 10.1 Å². The summed E-state index contributed by atoms with van der Waals surface area (Å²) in [5.74, 6) is -1.11. The first-order chi connectivity index (χ1) is 15.6. The van der Waals surface area contributed by atoms with Gasteiger partial charge in [0.15, 0.2) is 0 Å². The van der Waals surface area contributed by atoms with Crippen molar-refractivity contribution in [3.05, 3.63) is 131 Å². The van der Waals surface area contributed by atoms with Crippen LogP contribution < -0.4 is 10.6 Å². The van der Waals surface area contributed by atoms with Crippen LogP contribution in [-0.2, 0) is 0 Å². The fourth-order valence-corrected chi connectivity index (χ4v) is 3.28. The Kier molecular flexibility index (Phi) is 6.32. The van der Waals surface area contributed by atoms with Crippen LogP contribution in [0.25, 0.3) is 0 Å². The van der Waals surface area contributed by atoms with Crippen molar-refractivity contribution in [2.45, 2.75) is 6.04 Å². The Morgan fingerprint density at radius 3 is 2.22 bits per heavy atom. The lowest BCUT2D eigenvalue weighted by Gasteiger charge is -2.19. The van der Waals surface area contributed by atoms with Crippen molar-refractivity contribution >= 4 is 17.5 Å². The second-order valence-corrected chi connectivity index (χ2v) is 7.11. The lowest BCUT2D eigenvalue weighted by atomic mass is 10.0. The van der Waals surface area contributed by atoms with Gasteiger partial charge in [-0.2, -0.15) is 0 Å². The van der Waals surface area contributed by atoms with Gasteiger partial charge in [0.2, 0.25) is 0 Å². The Hall–Kier alpha value is -4.32. The van der Waals surface area contributed by atoms with Gasteiger partial charge < -0.3 is 10.6 Å². The number of amides is 2. The van der Waals surface area contributed by atoms with E-state index >= 15 is 0 Å². The second kappa shape index (κ2) is 9.66. The van der Waals surface area contributed by atoms with Crippen molar-refractivity contribution in [2.75, 3.05) is 5.32 Å². The van der Waals surface area contributed by atoms with E-state index in [9.17, 15) is 14.0 Å². The molecule has 32 heavy (non-hydrogen) atoms. The summed E-state index contributed by atoms with van der Waals surface area (Å²) in [6.07, 6.45) is 1.68. The molecule has 3 aromatic carbocycles. The zero-order valence-corrected chi connectivity index (χ0v) is 17.0. The largest absolute Gasteiger partial charge is 0.340 e. The SMILES string of the molecule is O=C(Nc1cccc(C(=O)NC(c2ccccc2)c2ccccn2)c1)c1ccc(F)cc1. The molecular formula is C26H20FN3O2. The molecule has 5 nitrogen and oxygen atoms in total. The standard InChI is InChI=1S/C26H20FN3O2/c27-21-14-12-19(13-15-21)25(31)29-22-10-6-9-20(17-22)26(32)30-24(18-7-2-1-3-8-18)23-11-4-5-16-28-23/h1-17,24H,(H,29,31)(H,30,32). The van der Waals surface area contributed by atoms with Gasteiger partial charge in [0.1, 0.15) is 5.82 Å². The maximum atomic E-state index is 13.1. The molecule has 0 bridgehead atoms. The molecule has 1 aromatic heterocycles. The number of anilines is 1. The van der Waals surface area contributed by atoms with E-state index in [4.69, 9.17) is 0 Å². The van der Waals surface area contributed by atoms with Crippen molar-refractivity contribution in [3.63, 3.8) is 0 Å². The number of pyridine rings is 1. The fraction of sp³-hybridized carbons (Fsp3) is 0.0385. The van der Waals surface area contributed by atoms with Crippen LogP contribution in [0.15, 0.2) is 103 Å². The van der Waals surface area contributed by atoms with Gasteiger partial charge in [0.05, 0.1) is 11.7 Å². The van der Waals surface area contributed by atoms with Crippen molar-refractivity contribution in [2.24, 2.45) is 0 Å². The highest BCUT2D eigenvalue weighted by molar-refractivity contribution is 6.05. The predicted octanol–water partition coefficient (Wildman–Crippen LogP) is 4.99. The lowest BCUT2D eigenvalue weighted by molar-refractivity contribution is 0.0941. The van der Waals surface area contributed by atoms with Gasteiger partial charge in [-0.15, -0.1) is 0 Å². The first-order valence-corrected chi connectivity index (χ1v) is 10.0. The number of nitrogens with one attached hydrogen (secondary N) is 2. The van der Waals surface area contributed by atoms with E-state index in [-0.39, 0.29) is 5.91 Å². The molecule has 0 radical (unpaired) electrons. The monoisotopic (exact) mass is 425 g/mol. The molecule has 4 rings (SSSR count). The Morgan fingerprint density at radius 2 is 1.50 bits per heavy atom. The minimum atomic E-state index is -0.428. The van der Waals surface area contributed by atoms with Crippen molar-refractivity contribution < 1.29 is 14.0 Å². The van der Waals surface area contributed by atoms with Crippen molar-refractivity contribution in [1.29, 1.82) is 0 Å². The van der Waals surface area contributed by atoms with E-state index in [1.807, 2.05) is 48.5 Å². The Balaban J connectivity index is 1.53. The van der Waals surface area contributed by atoms with E-state index in [0.717, 1.165) is 5.56 Å². The molecular weight excluding hydrogens is 405 g/mol.